The van der Waals surface area contributed by atoms with Crippen molar-refractivity contribution in [3.05, 3.63) is 23.9 Å². The predicted molar refractivity (Wildman–Crippen MR) is 92.7 cm³/mol. The second kappa shape index (κ2) is 6.23. The van der Waals surface area contributed by atoms with E-state index in [1.165, 1.54) is 0 Å². The lowest BCUT2D eigenvalue weighted by Gasteiger charge is -2.38. The molecule has 1 fully saturated rings. The molecule has 0 spiro atoms. The summed E-state index contributed by atoms with van der Waals surface area (Å²) in [5.74, 6) is 0.925. The van der Waals surface area contributed by atoms with Gasteiger partial charge in [-0.15, -0.1) is 0 Å². The van der Waals surface area contributed by atoms with Gasteiger partial charge in [0.25, 0.3) is 0 Å². The van der Waals surface area contributed by atoms with Gasteiger partial charge < -0.3 is 4.74 Å². The first-order chi connectivity index (χ1) is 10.5. The quantitative estimate of drug-likeness (QED) is 0.853. The zero-order chi connectivity index (χ0) is 17.4. The van der Waals surface area contributed by atoms with Crippen molar-refractivity contribution in [3.63, 3.8) is 0 Å². The number of carbonyl (C=O) groups excluding carboxylic acids is 1. The zero-order valence-corrected chi connectivity index (χ0v) is 15.5. The number of likely N-dealkylation sites (tertiary alicyclic amines) is 1. The average molecular weight is 318 g/mol. The van der Waals surface area contributed by atoms with Crippen LogP contribution in [0.2, 0.25) is 0 Å². The molecule has 4 heteroatoms. The molecule has 2 heterocycles. The van der Waals surface area contributed by atoms with Gasteiger partial charge in [0.2, 0.25) is 5.88 Å². The van der Waals surface area contributed by atoms with Crippen LogP contribution in [0.4, 0.5) is 0 Å². The van der Waals surface area contributed by atoms with Crippen LogP contribution in [0.25, 0.3) is 0 Å². The van der Waals surface area contributed by atoms with E-state index in [0.717, 1.165) is 18.5 Å². The Kier molecular flexibility index (Phi) is 4.86. The summed E-state index contributed by atoms with van der Waals surface area (Å²) in [5, 5.41) is 0. The van der Waals surface area contributed by atoms with Gasteiger partial charge >= 0.3 is 0 Å². The Hall–Kier alpha value is -1.42. The minimum atomic E-state index is -0.342. The Balaban J connectivity index is 2.16. The van der Waals surface area contributed by atoms with Gasteiger partial charge in [-0.1, -0.05) is 26.8 Å². The first-order valence-corrected chi connectivity index (χ1v) is 8.39. The molecule has 1 aliphatic rings. The standard InChI is InChI=1S/C19H30N2O2/c1-13-8-9-16(20-11-13)23-14-10-15(17(22)18(2,3)4)21(12-14)19(5,6)7/h8-9,11,14-15H,10,12H2,1-7H3. The number of carbonyl (C=O) groups is 1. The van der Waals surface area contributed by atoms with Crippen molar-refractivity contribution < 1.29 is 9.53 Å². The summed E-state index contributed by atoms with van der Waals surface area (Å²) in [7, 11) is 0. The molecule has 0 amide bonds. The zero-order valence-electron chi connectivity index (χ0n) is 15.5. The van der Waals surface area contributed by atoms with Crippen LogP contribution < -0.4 is 4.74 Å². The van der Waals surface area contributed by atoms with Crippen molar-refractivity contribution in [2.45, 2.75) is 72.6 Å². The van der Waals surface area contributed by atoms with Crippen LogP contribution in [-0.4, -0.2) is 39.9 Å². The molecule has 1 saturated heterocycles. The lowest BCUT2D eigenvalue weighted by molar-refractivity contribution is -0.132. The maximum Gasteiger partial charge on any atom is 0.213 e. The summed E-state index contributed by atoms with van der Waals surface area (Å²) < 4.78 is 6.04. The molecular formula is C19H30N2O2. The van der Waals surface area contributed by atoms with E-state index in [1.807, 2.05) is 46.0 Å². The largest absolute Gasteiger partial charge is 0.473 e. The number of nitrogens with zero attached hydrogens (tertiary/aromatic N) is 2. The number of aromatic nitrogens is 1. The Labute approximate surface area is 140 Å². The fourth-order valence-electron chi connectivity index (χ4n) is 3.07. The third kappa shape index (κ3) is 4.31. The minimum Gasteiger partial charge on any atom is -0.473 e. The van der Waals surface area contributed by atoms with E-state index >= 15 is 0 Å². The summed E-state index contributed by atoms with van der Waals surface area (Å²) in [6.07, 6.45) is 2.53. The van der Waals surface area contributed by atoms with Gasteiger partial charge in [-0.25, -0.2) is 4.98 Å². The maximum atomic E-state index is 12.9. The van der Waals surface area contributed by atoms with Crippen LogP contribution in [-0.2, 0) is 4.79 Å². The Morgan fingerprint density at radius 2 is 1.87 bits per heavy atom. The summed E-state index contributed by atoms with van der Waals surface area (Å²) in [4.78, 5) is 19.5. The predicted octanol–water partition coefficient (Wildman–Crippen LogP) is 3.63. The van der Waals surface area contributed by atoms with Crippen molar-refractivity contribution >= 4 is 5.78 Å². The van der Waals surface area contributed by atoms with Crippen molar-refractivity contribution in [1.82, 2.24) is 9.88 Å². The second-order valence-electron chi connectivity index (χ2n) is 8.60. The van der Waals surface area contributed by atoms with Crippen molar-refractivity contribution in [2.24, 2.45) is 5.41 Å². The molecule has 0 aliphatic carbocycles. The van der Waals surface area contributed by atoms with Crippen LogP contribution in [0.5, 0.6) is 5.88 Å². The van der Waals surface area contributed by atoms with Gasteiger partial charge in [0.1, 0.15) is 6.10 Å². The van der Waals surface area contributed by atoms with E-state index in [2.05, 4.69) is 30.7 Å². The monoisotopic (exact) mass is 318 g/mol. The number of hydrogen-bond donors (Lipinski definition) is 0. The summed E-state index contributed by atoms with van der Waals surface area (Å²) in [6, 6.07) is 3.80. The van der Waals surface area contributed by atoms with Gasteiger partial charge in [-0.05, 0) is 33.3 Å². The van der Waals surface area contributed by atoms with Crippen molar-refractivity contribution in [1.29, 1.82) is 0 Å². The normalized spacial score (nSPS) is 23.1. The molecule has 128 valence electrons. The number of aryl methyl sites for hydroxylation is 1. The highest BCUT2D eigenvalue weighted by atomic mass is 16.5. The number of ketones is 1. The highest BCUT2D eigenvalue weighted by molar-refractivity contribution is 5.89. The number of rotatable bonds is 3. The number of hydrogen-bond acceptors (Lipinski definition) is 4. The van der Waals surface area contributed by atoms with Gasteiger partial charge in [0.05, 0.1) is 6.04 Å². The molecule has 0 aromatic carbocycles. The van der Waals surface area contributed by atoms with E-state index in [-0.39, 0.29) is 28.9 Å². The van der Waals surface area contributed by atoms with Crippen LogP contribution >= 0.6 is 0 Å². The maximum absolute atomic E-state index is 12.9. The van der Waals surface area contributed by atoms with Gasteiger partial charge in [0, 0.05) is 36.2 Å². The third-order valence-electron chi connectivity index (χ3n) is 4.34. The summed E-state index contributed by atoms with van der Waals surface area (Å²) >= 11 is 0. The van der Waals surface area contributed by atoms with Crippen LogP contribution in [0.1, 0.15) is 53.5 Å². The van der Waals surface area contributed by atoms with Crippen LogP contribution in [0, 0.1) is 12.3 Å². The molecule has 2 unspecified atom stereocenters. The fourth-order valence-corrected chi connectivity index (χ4v) is 3.07. The van der Waals surface area contributed by atoms with Gasteiger partial charge in [-0.2, -0.15) is 0 Å². The van der Waals surface area contributed by atoms with Gasteiger partial charge in [0.15, 0.2) is 5.78 Å². The van der Waals surface area contributed by atoms with Crippen LogP contribution in [0.15, 0.2) is 18.3 Å². The Morgan fingerprint density at radius 3 is 2.35 bits per heavy atom. The fraction of sp³-hybridized carbons (Fsp3) is 0.684. The van der Waals surface area contributed by atoms with Gasteiger partial charge in [-0.3, -0.25) is 9.69 Å². The van der Waals surface area contributed by atoms with Crippen molar-refractivity contribution in [2.75, 3.05) is 6.54 Å². The number of pyridine rings is 1. The lowest BCUT2D eigenvalue weighted by atomic mass is 9.84. The Morgan fingerprint density at radius 1 is 1.22 bits per heavy atom. The van der Waals surface area contributed by atoms with E-state index < -0.39 is 0 Å². The molecule has 0 N–H and O–H groups in total. The van der Waals surface area contributed by atoms with E-state index in [0.29, 0.717) is 5.88 Å². The first-order valence-electron chi connectivity index (χ1n) is 8.39. The van der Waals surface area contributed by atoms with E-state index in [4.69, 9.17) is 4.74 Å². The van der Waals surface area contributed by atoms with Crippen molar-refractivity contribution in [3.8, 4) is 5.88 Å². The minimum absolute atomic E-state index is 0.000677. The summed E-state index contributed by atoms with van der Waals surface area (Å²) in [6.45, 7) is 15.2. The molecule has 1 aliphatic heterocycles. The molecule has 2 atom stereocenters. The van der Waals surface area contributed by atoms with E-state index in [9.17, 15) is 4.79 Å². The molecule has 0 radical (unpaired) electrons. The molecule has 0 bridgehead atoms. The number of ether oxygens (including phenoxy) is 1. The third-order valence-corrected chi connectivity index (χ3v) is 4.34. The molecule has 1 aromatic heterocycles. The lowest BCUT2D eigenvalue weighted by Crippen LogP contribution is -2.50. The summed E-state index contributed by atoms with van der Waals surface area (Å²) in [5.41, 5.74) is 0.705. The molecule has 4 nitrogen and oxygen atoms in total. The molecule has 2 rings (SSSR count). The molecule has 0 saturated carbocycles. The van der Waals surface area contributed by atoms with Crippen LogP contribution in [0.3, 0.4) is 0 Å². The molecular weight excluding hydrogens is 288 g/mol. The Bertz CT molecular complexity index is 552. The number of Topliss-reactive ketones (excluding diaryl/α,β-unsaturated/α-hetero) is 1. The average Bonchev–Trinajstić information content (AvgIpc) is 2.83. The highest BCUT2D eigenvalue weighted by Gasteiger charge is 2.45. The smallest absolute Gasteiger partial charge is 0.213 e. The molecule has 1 aromatic rings. The highest BCUT2D eigenvalue weighted by Crippen LogP contribution is 2.33. The van der Waals surface area contributed by atoms with E-state index in [1.54, 1.807) is 0 Å². The topological polar surface area (TPSA) is 42.4 Å². The first kappa shape index (κ1) is 17.9. The molecule has 23 heavy (non-hydrogen) atoms. The SMILES string of the molecule is Cc1ccc(OC2CC(C(=O)C(C)(C)C)N(C(C)(C)C)C2)nc1. The second-order valence-corrected chi connectivity index (χ2v) is 8.60.